The van der Waals surface area contributed by atoms with Gasteiger partial charge in [0, 0.05) is 5.75 Å². The second-order valence-corrected chi connectivity index (χ2v) is 4.73. The van der Waals surface area contributed by atoms with Crippen LogP contribution in [0.4, 0.5) is 5.95 Å². The van der Waals surface area contributed by atoms with Gasteiger partial charge in [-0.2, -0.15) is 4.98 Å². The van der Waals surface area contributed by atoms with Gasteiger partial charge >= 0.3 is 0 Å². The number of nitrogens with one attached hydrogen (secondary N) is 1. The van der Waals surface area contributed by atoms with Crippen LogP contribution in [0.1, 0.15) is 16.7 Å². The highest BCUT2D eigenvalue weighted by Crippen LogP contribution is 2.20. The second-order valence-electron chi connectivity index (χ2n) is 3.79. The van der Waals surface area contributed by atoms with E-state index in [1.165, 1.54) is 16.7 Å². The summed E-state index contributed by atoms with van der Waals surface area (Å²) in [7, 11) is 0. The predicted octanol–water partition coefficient (Wildman–Crippen LogP) is 2.30. The van der Waals surface area contributed by atoms with Crippen LogP contribution in [-0.2, 0) is 5.75 Å². The van der Waals surface area contributed by atoms with E-state index in [4.69, 9.17) is 5.73 Å². The van der Waals surface area contributed by atoms with Gasteiger partial charge in [0.15, 0.2) is 0 Å². The quantitative estimate of drug-likeness (QED) is 0.800. The predicted molar refractivity (Wildman–Crippen MR) is 66.3 cm³/mol. The van der Waals surface area contributed by atoms with E-state index in [9.17, 15) is 0 Å². The largest absolute Gasteiger partial charge is 0.368 e. The topological polar surface area (TPSA) is 67.6 Å². The van der Waals surface area contributed by atoms with Gasteiger partial charge in [-0.05, 0) is 19.4 Å². The Morgan fingerprint density at radius 2 is 1.94 bits per heavy atom. The zero-order valence-electron chi connectivity index (χ0n) is 9.32. The standard InChI is InChI=1S/C11H14N4S/c1-7-3-8(2)5-9(4-7)6-16-11-13-10(12)14-15-11/h3-5H,6H2,1-2H3,(H3,12,13,14,15). The molecule has 0 saturated carbocycles. The first-order valence-corrected chi connectivity index (χ1v) is 6.00. The third-order valence-electron chi connectivity index (χ3n) is 2.13. The van der Waals surface area contributed by atoms with E-state index in [1.807, 2.05) is 0 Å². The summed E-state index contributed by atoms with van der Waals surface area (Å²) >= 11 is 1.58. The van der Waals surface area contributed by atoms with E-state index in [-0.39, 0.29) is 0 Å². The van der Waals surface area contributed by atoms with Crippen molar-refractivity contribution in [1.29, 1.82) is 0 Å². The smallest absolute Gasteiger partial charge is 0.216 e. The van der Waals surface area contributed by atoms with Crippen molar-refractivity contribution < 1.29 is 0 Å². The molecule has 0 fully saturated rings. The van der Waals surface area contributed by atoms with Crippen molar-refractivity contribution in [3.05, 3.63) is 34.9 Å². The van der Waals surface area contributed by atoms with Gasteiger partial charge in [-0.3, -0.25) is 0 Å². The Morgan fingerprint density at radius 1 is 1.25 bits per heavy atom. The molecule has 0 aliphatic heterocycles. The number of aryl methyl sites for hydroxylation is 2. The summed E-state index contributed by atoms with van der Waals surface area (Å²) in [6, 6.07) is 6.52. The molecule has 0 unspecified atom stereocenters. The molecule has 0 amide bonds. The number of benzene rings is 1. The van der Waals surface area contributed by atoms with Crippen molar-refractivity contribution in [3.63, 3.8) is 0 Å². The third-order valence-corrected chi connectivity index (χ3v) is 3.05. The molecule has 2 aromatic rings. The van der Waals surface area contributed by atoms with E-state index >= 15 is 0 Å². The molecule has 1 aromatic carbocycles. The molecular weight excluding hydrogens is 220 g/mol. The highest BCUT2D eigenvalue weighted by molar-refractivity contribution is 7.98. The Balaban J connectivity index is 2.04. The molecule has 16 heavy (non-hydrogen) atoms. The Labute approximate surface area is 98.7 Å². The molecule has 0 atom stereocenters. The van der Waals surface area contributed by atoms with Crippen molar-refractivity contribution in [2.24, 2.45) is 0 Å². The average Bonchev–Trinajstić information content (AvgIpc) is 2.60. The van der Waals surface area contributed by atoms with Crippen LogP contribution in [0.25, 0.3) is 0 Å². The molecule has 0 aliphatic carbocycles. The monoisotopic (exact) mass is 234 g/mol. The van der Waals surface area contributed by atoms with Crippen LogP contribution in [0.3, 0.4) is 0 Å². The first kappa shape index (κ1) is 11.0. The fraction of sp³-hybridized carbons (Fsp3) is 0.273. The third kappa shape index (κ3) is 2.76. The molecule has 0 bridgehead atoms. The molecule has 2 rings (SSSR count). The maximum atomic E-state index is 5.45. The highest BCUT2D eigenvalue weighted by atomic mass is 32.2. The Bertz CT molecular complexity index is 472. The van der Waals surface area contributed by atoms with Gasteiger partial charge in [-0.1, -0.05) is 41.1 Å². The first-order chi connectivity index (χ1) is 7.63. The van der Waals surface area contributed by atoms with Crippen LogP contribution in [-0.4, -0.2) is 15.2 Å². The minimum Gasteiger partial charge on any atom is -0.368 e. The summed E-state index contributed by atoms with van der Waals surface area (Å²) in [4.78, 5) is 4.04. The second kappa shape index (κ2) is 4.57. The summed E-state index contributed by atoms with van der Waals surface area (Å²) in [5.74, 6) is 1.22. The van der Waals surface area contributed by atoms with Crippen LogP contribution < -0.4 is 5.73 Å². The number of anilines is 1. The number of H-pyrrole nitrogens is 1. The molecule has 5 heteroatoms. The molecular formula is C11H14N4S. The molecule has 1 aromatic heterocycles. The fourth-order valence-corrected chi connectivity index (χ4v) is 2.36. The SMILES string of the molecule is Cc1cc(C)cc(CSc2n[nH]c(N)n2)c1. The first-order valence-electron chi connectivity index (χ1n) is 5.01. The van der Waals surface area contributed by atoms with E-state index in [0.717, 1.165) is 5.75 Å². The van der Waals surface area contributed by atoms with Gasteiger partial charge < -0.3 is 5.73 Å². The number of rotatable bonds is 3. The van der Waals surface area contributed by atoms with E-state index in [0.29, 0.717) is 11.1 Å². The summed E-state index contributed by atoms with van der Waals surface area (Å²) < 4.78 is 0. The maximum absolute atomic E-state index is 5.45. The van der Waals surface area contributed by atoms with Crippen LogP contribution in [0.2, 0.25) is 0 Å². The van der Waals surface area contributed by atoms with Crippen LogP contribution in [0, 0.1) is 13.8 Å². The van der Waals surface area contributed by atoms with E-state index in [2.05, 4.69) is 47.2 Å². The minimum atomic E-state index is 0.364. The molecule has 0 radical (unpaired) electrons. The zero-order valence-corrected chi connectivity index (χ0v) is 10.1. The van der Waals surface area contributed by atoms with Gasteiger partial charge in [0.25, 0.3) is 0 Å². The normalized spacial score (nSPS) is 10.6. The fourth-order valence-electron chi connectivity index (χ4n) is 1.62. The number of hydrogen-bond acceptors (Lipinski definition) is 4. The van der Waals surface area contributed by atoms with Crippen molar-refractivity contribution in [2.45, 2.75) is 24.8 Å². The van der Waals surface area contributed by atoms with Gasteiger partial charge in [0.05, 0.1) is 0 Å². The highest BCUT2D eigenvalue weighted by Gasteiger charge is 2.02. The minimum absolute atomic E-state index is 0.364. The molecule has 1 heterocycles. The summed E-state index contributed by atoms with van der Waals surface area (Å²) in [5.41, 5.74) is 9.30. The number of aromatic nitrogens is 3. The van der Waals surface area contributed by atoms with Crippen LogP contribution in [0.15, 0.2) is 23.4 Å². The van der Waals surface area contributed by atoms with Gasteiger partial charge in [-0.25, -0.2) is 5.10 Å². The van der Waals surface area contributed by atoms with E-state index in [1.54, 1.807) is 11.8 Å². The Morgan fingerprint density at radius 3 is 2.50 bits per heavy atom. The number of thioether (sulfide) groups is 1. The number of nitrogens with zero attached hydrogens (tertiary/aromatic N) is 2. The summed E-state index contributed by atoms with van der Waals surface area (Å²) in [6.45, 7) is 4.21. The lowest BCUT2D eigenvalue weighted by Crippen LogP contribution is -1.86. The average molecular weight is 234 g/mol. The summed E-state index contributed by atoms with van der Waals surface area (Å²) in [5, 5.41) is 7.29. The van der Waals surface area contributed by atoms with E-state index < -0.39 is 0 Å². The number of nitrogen functional groups attached to an aromatic ring is 1. The lowest BCUT2D eigenvalue weighted by Gasteiger charge is -2.02. The van der Waals surface area contributed by atoms with Gasteiger partial charge in [0.2, 0.25) is 11.1 Å². The number of hydrogen-bond donors (Lipinski definition) is 2. The summed E-state index contributed by atoms with van der Waals surface area (Å²) in [6.07, 6.45) is 0. The van der Waals surface area contributed by atoms with Crippen LogP contribution in [0.5, 0.6) is 0 Å². The van der Waals surface area contributed by atoms with Gasteiger partial charge in [0.1, 0.15) is 0 Å². The number of nitrogens with two attached hydrogens (primary N) is 1. The molecule has 3 N–H and O–H groups in total. The lowest BCUT2D eigenvalue weighted by molar-refractivity contribution is 0.973. The molecule has 84 valence electrons. The Hall–Kier alpha value is -1.49. The molecule has 0 saturated heterocycles. The number of aromatic amines is 1. The molecule has 4 nitrogen and oxygen atoms in total. The zero-order chi connectivity index (χ0) is 11.5. The van der Waals surface area contributed by atoms with Crippen molar-refractivity contribution in [1.82, 2.24) is 15.2 Å². The molecule has 0 spiro atoms. The maximum Gasteiger partial charge on any atom is 0.216 e. The van der Waals surface area contributed by atoms with Crippen LogP contribution >= 0.6 is 11.8 Å². The van der Waals surface area contributed by atoms with Crippen molar-refractivity contribution in [2.75, 3.05) is 5.73 Å². The van der Waals surface area contributed by atoms with Gasteiger partial charge in [-0.15, -0.1) is 5.10 Å². The Kier molecular flexibility index (Phi) is 3.14. The van der Waals surface area contributed by atoms with Crippen molar-refractivity contribution in [3.8, 4) is 0 Å². The molecule has 0 aliphatic rings. The lowest BCUT2D eigenvalue weighted by atomic mass is 10.1. The van der Waals surface area contributed by atoms with Crippen molar-refractivity contribution >= 4 is 17.7 Å².